The highest BCUT2D eigenvalue weighted by Crippen LogP contribution is 2.17. The van der Waals surface area contributed by atoms with Crippen LogP contribution >= 0.6 is 0 Å². The van der Waals surface area contributed by atoms with E-state index in [1.807, 2.05) is 0 Å². The van der Waals surface area contributed by atoms with Gasteiger partial charge in [0.05, 0.1) is 0 Å². The van der Waals surface area contributed by atoms with E-state index in [0.717, 1.165) is 6.08 Å². The highest BCUT2D eigenvalue weighted by atomic mass is 16.4. The molecule has 0 atom stereocenters. The van der Waals surface area contributed by atoms with Crippen molar-refractivity contribution >= 4 is 18.0 Å². The molecule has 5 nitrogen and oxygen atoms in total. The van der Waals surface area contributed by atoms with Crippen molar-refractivity contribution in [3.8, 4) is 0 Å². The highest BCUT2D eigenvalue weighted by molar-refractivity contribution is 5.98. The van der Waals surface area contributed by atoms with Gasteiger partial charge in [0.2, 0.25) is 0 Å². The van der Waals surface area contributed by atoms with Crippen LogP contribution in [0.2, 0.25) is 0 Å². The van der Waals surface area contributed by atoms with Gasteiger partial charge in [0.1, 0.15) is 0 Å². The Hall–Kier alpha value is -2.17. The predicted molar refractivity (Wildman–Crippen MR) is 77.3 cm³/mol. The summed E-state index contributed by atoms with van der Waals surface area (Å²) in [6.45, 7) is 6.76. The minimum atomic E-state index is -1.06. The fourth-order valence-corrected chi connectivity index (χ4v) is 1.88. The van der Waals surface area contributed by atoms with E-state index in [2.05, 4.69) is 25.8 Å². The van der Waals surface area contributed by atoms with Gasteiger partial charge in [-0.15, -0.1) is 0 Å². The Balaban J connectivity index is 3.01. The first-order valence-corrected chi connectivity index (χ1v) is 6.31. The van der Waals surface area contributed by atoms with E-state index in [4.69, 9.17) is 5.11 Å². The second-order valence-corrected chi connectivity index (χ2v) is 5.86. The number of carbonyl (C=O) groups excluding carboxylic acids is 1. The minimum Gasteiger partial charge on any atom is -0.478 e. The summed E-state index contributed by atoms with van der Waals surface area (Å²) in [4.78, 5) is 28.5. The number of carboxylic acid groups (broad SMARTS) is 1. The number of rotatable bonds is 4. The lowest BCUT2D eigenvalue weighted by Gasteiger charge is -2.27. The van der Waals surface area contributed by atoms with Gasteiger partial charge in [0.25, 0.3) is 5.91 Å². The summed E-state index contributed by atoms with van der Waals surface area (Å²) in [6.07, 6.45) is 5.39. The second-order valence-electron chi connectivity index (χ2n) is 5.86. The van der Waals surface area contributed by atoms with Gasteiger partial charge < -0.3 is 10.0 Å². The SMILES string of the molecule is CN(CC(C)(C)C)C(=O)c1ccncc1C=CC(=O)O. The molecule has 0 aliphatic carbocycles. The van der Waals surface area contributed by atoms with E-state index in [1.54, 1.807) is 18.0 Å². The topological polar surface area (TPSA) is 70.5 Å². The zero-order chi connectivity index (χ0) is 15.3. The number of hydrogen-bond acceptors (Lipinski definition) is 3. The van der Waals surface area contributed by atoms with Gasteiger partial charge in [-0.05, 0) is 17.6 Å². The predicted octanol–water partition coefficient (Wildman–Crippen LogP) is 2.30. The smallest absolute Gasteiger partial charge is 0.328 e. The molecular weight excluding hydrogens is 256 g/mol. The van der Waals surface area contributed by atoms with Gasteiger partial charge in [-0.3, -0.25) is 9.78 Å². The van der Waals surface area contributed by atoms with Crippen LogP contribution in [0.3, 0.4) is 0 Å². The first kappa shape index (κ1) is 15.9. The van der Waals surface area contributed by atoms with Crippen molar-refractivity contribution in [2.75, 3.05) is 13.6 Å². The summed E-state index contributed by atoms with van der Waals surface area (Å²) < 4.78 is 0. The zero-order valence-corrected chi connectivity index (χ0v) is 12.3. The van der Waals surface area contributed by atoms with Crippen molar-refractivity contribution in [3.05, 3.63) is 35.7 Å². The van der Waals surface area contributed by atoms with E-state index < -0.39 is 5.97 Å². The van der Waals surface area contributed by atoms with Gasteiger partial charge >= 0.3 is 5.97 Å². The van der Waals surface area contributed by atoms with E-state index in [-0.39, 0.29) is 11.3 Å². The number of pyridine rings is 1. The second kappa shape index (κ2) is 6.32. The third kappa shape index (κ3) is 4.84. The molecule has 0 bridgehead atoms. The fraction of sp³-hybridized carbons (Fsp3) is 0.400. The number of aromatic nitrogens is 1. The number of hydrogen-bond donors (Lipinski definition) is 1. The van der Waals surface area contributed by atoms with E-state index in [1.165, 1.54) is 18.5 Å². The Kier molecular flexibility index (Phi) is 5.02. The average Bonchev–Trinajstić information content (AvgIpc) is 2.33. The Morgan fingerprint density at radius 1 is 1.40 bits per heavy atom. The van der Waals surface area contributed by atoms with E-state index in [0.29, 0.717) is 17.7 Å². The summed E-state index contributed by atoms with van der Waals surface area (Å²) >= 11 is 0. The van der Waals surface area contributed by atoms with E-state index >= 15 is 0 Å². The first-order chi connectivity index (χ1) is 9.20. The molecule has 1 N–H and O–H groups in total. The monoisotopic (exact) mass is 276 g/mol. The molecule has 20 heavy (non-hydrogen) atoms. The molecule has 1 aromatic rings. The molecule has 0 aliphatic heterocycles. The van der Waals surface area contributed by atoms with Gasteiger partial charge in [-0.2, -0.15) is 0 Å². The van der Waals surface area contributed by atoms with Crippen LogP contribution in [0.25, 0.3) is 6.08 Å². The Morgan fingerprint density at radius 2 is 2.05 bits per heavy atom. The molecule has 0 saturated carbocycles. The Labute approximate surface area is 118 Å². The number of carboxylic acids is 1. The van der Waals surface area contributed by atoms with Crippen LogP contribution < -0.4 is 0 Å². The molecule has 0 fully saturated rings. The normalized spacial score (nSPS) is 11.6. The van der Waals surface area contributed by atoms with Gasteiger partial charge in [0, 0.05) is 43.2 Å². The summed E-state index contributed by atoms with van der Waals surface area (Å²) in [7, 11) is 1.73. The maximum Gasteiger partial charge on any atom is 0.328 e. The lowest BCUT2D eigenvalue weighted by molar-refractivity contribution is -0.131. The lowest BCUT2D eigenvalue weighted by Crippen LogP contribution is -2.34. The molecule has 0 aliphatic rings. The van der Waals surface area contributed by atoms with Crippen LogP contribution in [0.15, 0.2) is 24.5 Å². The van der Waals surface area contributed by atoms with Gasteiger partial charge in [-0.1, -0.05) is 20.8 Å². The lowest BCUT2D eigenvalue weighted by atomic mass is 9.96. The maximum absolute atomic E-state index is 12.4. The van der Waals surface area contributed by atoms with Crippen LogP contribution in [0.4, 0.5) is 0 Å². The average molecular weight is 276 g/mol. The Morgan fingerprint density at radius 3 is 2.60 bits per heavy atom. The molecule has 108 valence electrons. The molecule has 0 saturated heterocycles. The van der Waals surface area contributed by atoms with Crippen molar-refractivity contribution in [3.63, 3.8) is 0 Å². The maximum atomic E-state index is 12.4. The molecule has 0 aromatic carbocycles. The molecular formula is C15H20N2O3. The van der Waals surface area contributed by atoms with Crippen molar-refractivity contribution in [1.82, 2.24) is 9.88 Å². The van der Waals surface area contributed by atoms with Crippen molar-refractivity contribution in [2.45, 2.75) is 20.8 Å². The summed E-state index contributed by atoms with van der Waals surface area (Å²) in [5.41, 5.74) is 0.944. The third-order valence-corrected chi connectivity index (χ3v) is 2.55. The number of carbonyl (C=O) groups is 2. The molecule has 5 heteroatoms. The van der Waals surface area contributed by atoms with Gasteiger partial charge in [-0.25, -0.2) is 4.79 Å². The molecule has 0 radical (unpaired) electrons. The minimum absolute atomic E-state index is 0.00545. The van der Waals surface area contributed by atoms with Gasteiger partial charge in [0.15, 0.2) is 0 Å². The molecule has 1 amide bonds. The van der Waals surface area contributed by atoms with Crippen LogP contribution in [0.5, 0.6) is 0 Å². The van der Waals surface area contributed by atoms with Crippen LogP contribution in [0, 0.1) is 5.41 Å². The highest BCUT2D eigenvalue weighted by Gasteiger charge is 2.20. The largest absolute Gasteiger partial charge is 0.478 e. The summed E-state index contributed by atoms with van der Waals surface area (Å²) in [5.74, 6) is -1.21. The standard InChI is InChI=1S/C15H20N2O3/c1-15(2,3)10-17(4)14(20)12-7-8-16-9-11(12)5-6-13(18)19/h5-9H,10H2,1-4H3,(H,18,19). The number of nitrogens with zero attached hydrogens (tertiary/aromatic N) is 2. The Bertz CT molecular complexity index is 530. The van der Waals surface area contributed by atoms with Crippen molar-refractivity contribution in [1.29, 1.82) is 0 Å². The zero-order valence-electron chi connectivity index (χ0n) is 12.3. The van der Waals surface area contributed by atoms with Crippen LogP contribution in [-0.4, -0.2) is 40.5 Å². The molecule has 0 spiro atoms. The van der Waals surface area contributed by atoms with Crippen molar-refractivity contribution < 1.29 is 14.7 Å². The van der Waals surface area contributed by atoms with Crippen LogP contribution in [0.1, 0.15) is 36.7 Å². The number of amides is 1. The molecule has 1 rings (SSSR count). The molecule has 0 unspecified atom stereocenters. The summed E-state index contributed by atoms with van der Waals surface area (Å²) in [5, 5.41) is 8.66. The van der Waals surface area contributed by atoms with Crippen molar-refractivity contribution in [2.24, 2.45) is 5.41 Å². The quantitative estimate of drug-likeness (QED) is 0.857. The fourth-order valence-electron chi connectivity index (χ4n) is 1.88. The summed E-state index contributed by atoms with van der Waals surface area (Å²) in [6, 6.07) is 1.60. The number of aliphatic carboxylic acids is 1. The first-order valence-electron chi connectivity index (χ1n) is 6.31. The molecule has 1 aromatic heterocycles. The molecule has 1 heterocycles. The third-order valence-electron chi connectivity index (χ3n) is 2.55. The van der Waals surface area contributed by atoms with Crippen LogP contribution in [-0.2, 0) is 4.79 Å². The van der Waals surface area contributed by atoms with E-state index in [9.17, 15) is 9.59 Å².